The topological polar surface area (TPSA) is 55.2 Å². The summed E-state index contributed by atoms with van der Waals surface area (Å²) < 4.78 is 0.488. The van der Waals surface area contributed by atoms with E-state index >= 15 is 0 Å². The summed E-state index contributed by atoms with van der Waals surface area (Å²) in [5, 5.41) is 13.9. The van der Waals surface area contributed by atoms with E-state index in [4.69, 9.17) is 0 Å². The van der Waals surface area contributed by atoms with Crippen LogP contribution in [0.15, 0.2) is 53.0 Å². The first-order valence-corrected chi connectivity index (χ1v) is 6.68. The smallest absolute Gasteiger partial charge is 0.283 e. The Bertz CT molecular complexity index is 573. The van der Waals surface area contributed by atoms with E-state index in [0.29, 0.717) is 4.47 Å². The first kappa shape index (κ1) is 13.5. The lowest BCUT2D eigenvalue weighted by atomic mass is 10.1. The Morgan fingerprint density at radius 3 is 2.53 bits per heavy atom. The van der Waals surface area contributed by atoms with Crippen molar-refractivity contribution in [2.75, 3.05) is 11.9 Å². The van der Waals surface area contributed by atoms with Gasteiger partial charge in [0.05, 0.1) is 9.40 Å². The van der Waals surface area contributed by atoms with Crippen LogP contribution < -0.4 is 5.32 Å². The molecule has 0 aliphatic carbocycles. The standard InChI is InChI=1S/C14H13BrN2O2/c15-13-10-12(6-7-14(13)17(18)19)16-9-8-11-4-2-1-3-5-11/h1-7,10,16H,8-9H2. The van der Waals surface area contributed by atoms with Crippen LogP contribution in [0.1, 0.15) is 5.56 Å². The zero-order valence-corrected chi connectivity index (χ0v) is 11.8. The molecule has 0 saturated heterocycles. The molecule has 0 aliphatic heterocycles. The average molecular weight is 321 g/mol. The zero-order chi connectivity index (χ0) is 13.7. The molecule has 0 atom stereocenters. The summed E-state index contributed by atoms with van der Waals surface area (Å²) in [5.74, 6) is 0. The third-order valence-corrected chi connectivity index (χ3v) is 3.37. The van der Waals surface area contributed by atoms with Gasteiger partial charge in [0.2, 0.25) is 0 Å². The van der Waals surface area contributed by atoms with Gasteiger partial charge in [0.25, 0.3) is 5.69 Å². The number of nitrogens with one attached hydrogen (secondary N) is 1. The van der Waals surface area contributed by atoms with Crippen LogP contribution in [-0.4, -0.2) is 11.5 Å². The number of nitro benzene ring substituents is 1. The second-order valence-corrected chi connectivity index (χ2v) is 4.94. The van der Waals surface area contributed by atoms with Crippen molar-refractivity contribution < 1.29 is 4.92 Å². The minimum Gasteiger partial charge on any atom is -0.385 e. The predicted molar refractivity (Wildman–Crippen MR) is 79.4 cm³/mol. The van der Waals surface area contributed by atoms with Crippen LogP contribution >= 0.6 is 15.9 Å². The van der Waals surface area contributed by atoms with Crippen LogP contribution in [0.2, 0.25) is 0 Å². The number of halogens is 1. The number of hydrogen-bond acceptors (Lipinski definition) is 3. The van der Waals surface area contributed by atoms with Gasteiger partial charge >= 0.3 is 0 Å². The zero-order valence-electron chi connectivity index (χ0n) is 10.2. The van der Waals surface area contributed by atoms with Gasteiger partial charge in [-0.1, -0.05) is 30.3 Å². The van der Waals surface area contributed by atoms with E-state index in [0.717, 1.165) is 18.7 Å². The van der Waals surface area contributed by atoms with E-state index < -0.39 is 4.92 Å². The summed E-state index contributed by atoms with van der Waals surface area (Å²) in [5.41, 5.74) is 2.21. The van der Waals surface area contributed by atoms with Gasteiger partial charge < -0.3 is 5.32 Å². The van der Waals surface area contributed by atoms with Gasteiger partial charge in [0, 0.05) is 18.3 Å². The summed E-state index contributed by atoms with van der Waals surface area (Å²) >= 11 is 3.20. The Labute approximate surface area is 119 Å². The van der Waals surface area contributed by atoms with Crippen LogP contribution in [-0.2, 0) is 6.42 Å². The van der Waals surface area contributed by atoms with Gasteiger partial charge in [0.1, 0.15) is 0 Å². The van der Waals surface area contributed by atoms with Gasteiger partial charge in [-0.2, -0.15) is 0 Å². The lowest BCUT2D eigenvalue weighted by Crippen LogP contribution is -2.04. The molecule has 98 valence electrons. The molecule has 2 aromatic rings. The van der Waals surface area contributed by atoms with E-state index in [2.05, 4.69) is 33.4 Å². The number of nitro groups is 1. The lowest BCUT2D eigenvalue weighted by molar-refractivity contribution is -0.385. The molecular formula is C14H13BrN2O2. The number of nitrogens with zero attached hydrogens (tertiary/aromatic N) is 1. The van der Waals surface area contributed by atoms with Crippen LogP contribution in [0, 0.1) is 10.1 Å². The third kappa shape index (κ3) is 3.79. The van der Waals surface area contributed by atoms with Gasteiger partial charge in [-0.15, -0.1) is 0 Å². The Hall–Kier alpha value is -1.88. The fraction of sp³-hybridized carbons (Fsp3) is 0.143. The molecule has 1 N–H and O–H groups in total. The maximum atomic E-state index is 10.7. The summed E-state index contributed by atoms with van der Waals surface area (Å²) in [7, 11) is 0. The second kappa shape index (κ2) is 6.33. The molecule has 0 heterocycles. The maximum Gasteiger partial charge on any atom is 0.283 e. The van der Waals surface area contributed by atoms with Crippen molar-refractivity contribution in [2.24, 2.45) is 0 Å². The van der Waals surface area contributed by atoms with Gasteiger partial charge in [-0.25, -0.2) is 0 Å². The molecule has 0 aromatic heterocycles. The maximum absolute atomic E-state index is 10.7. The van der Waals surface area contributed by atoms with Crippen LogP contribution in [0.5, 0.6) is 0 Å². The Balaban J connectivity index is 1.93. The first-order chi connectivity index (χ1) is 9.16. The largest absolute Gasteiger partial charge is 0.385 e. The molecule has 4 nitrogen and oxygen atoms in total. The fourth-order valence-corrected chi connectivity index (χ4v) is 2.28. The molecule has 0 aliphatic rings. The highest BCUT2D eigenvalue weighted by Gasteiger charge is 2.11. The summed E-state index contributed by atoms with van der Waals surface area (Å²) in [6, 6.07) is 15.1. The lowest BCUT2D eigenvalue weighted by Gasteiger charge is -2.07. The molecule has 0 saturated carbocycles. The fourth-order valence-electron chi connectivity index (χ4n) is 1.76. The molecule has 0 fully saturated rings. The average Bonchev–Trinajstić information content (AvgIpc) is 2.39. The van der Waals surface area contributed by atoms with Gasteiger partial charge in [-0.3, -0.25) is 10.1 Å². The molecule has 0 spiro atoms. The molecule has 0 unspecified atom stereocenters. The highest BCUT2D eigenvalue weighted by atomic mass is 79.9. The van der Waals surface area contributed by atoms with Crippen molar-refractivity contribution in [3.8, 4) is 0 Å². The van der Waals surface area contributed by atoms with E-state index in [1.165, 1.54) is 11.6 Å². The molecule has 19 heavy (non-hydrogen) atoms. The van der Waals surface area contributed by atoms with E-state index in [1.54, 1.807) is 12.1 Å². The van der Waals surface area contributed by atoms with Crippen molar-refractivity contribution >= 4 is 27.3 Å². The monoisotopic (exact) mass is 320 g/mol. The van der Waals surface area contributed by atoms with E-state index in [-0.39, 0.29) is 5.69 Å². The molecule has 2 rings (SSSR count). The van der Waals surface area contributed by atoms with Crippen LogP contribution in [0.25, 0.3) is 0 Å². The van der Waals surface area contributed by atoms with Crippen molar-refractivity contribution in [2.45, 2.75) is 6.42 Å². The van der Waals surface area contributed by atoms with Crippen molar-refractivity contribution in [1.82, 2.24) is 0 Å². The second-order valence-electron chi connectivity index (χ2n) is 4.09. The van der Waals surface area contributed by atoms with Gasteiger partial charge in [0.15, 0.2) is 0 Å². The molecular weight excluding hydrogens is 308 g/mol. The van der Waals surface area contributed by atoms with E-state index in [9.17, 15) is 10.1 Å². The molecule has 0 amide bonds. The molecule has 0 radical (unpaired) electrons. The van der Waals surface area contributed by atoms with Crippen molar-refractivity contribution in [1.29, 1.82) is 0 Å². The normalized spacial score (nSPS) is 10.2. The summed E-state index contributed by atoms with van der Waals surface area (Å²) in [4.78, 5) is 10.3. The summed E-state index contributed by atoms with van der Waals surface area (Å²) in [6.45, 7) is 0.786. The van der Waals surface area contributed by atoms with Crippen LogP contribution in [0.4, 0.5) is 11.4 Å². The number of benzene rings is 2. The predicted octanol–water partition coefficient (Wildman–Crippen LogP) is 4.01. The minimum absolute atomic E-state index is 0.0774. The Kier molecular flexibility index (Phi) is 4.52. The van der Waals surface area contributed by atoms with Crippen molar-refractivity contribution in [3.63, 3.8) is 0 Å². The van der Waals surface area contributed by atoms with Crippen LogP contribution in [0.3, 0.4) is 0 Å². The van der Waals surface area contributed by atoms with Crippen molar-refractivity contribution in [3.05, 3.63) is 68.7 Å². The SMILES string of the molecule is O=[N+]([O-])c1ccc(NCCc2ccccc2)cc1Br. The molecule has 0 bridgehead atoms. The molecule has 5 heteroatoms. The highest BCUT2D eigenvalue weighted by Crippen LogP contribution is 2.27. The third-order valence-electron chi connectivity index (χ3n) is 2.73. The van der Waals surface area contributed by atoms with Gasteiger partial charge in [-0.05, 0) is 40.0 Å². The Morgan fingerprint density at radius 1 is 1.16 bits per heavy atom. The minimum atomic E-state index is -0.405. The molecule has 2 aromatic carbocycles. The summed E-state index contributed by atoms with van der Waals surface area (Å²) in [6.07, 6.45) is 0.912. The number of anilines is 1. The van der Waals surface area contributed by atoms with E-state index in [1.807, 2.05) is 18.2 Å². The quantitative estimate of drug-likeness (QED) is 0.669. The Morgan fingerprint density at radius 2 is 1.89 bits per heavy atom. The number of hydrogen-bond donors (Lipinski definition) is 1. The number of rotatable bonds is 5. The highest BCUT2D eigenvalue weighted by molar-refractivity contribution is 9.10. The first-order valence-electron chi connectivity index (χ1n) is 5.88.